The van der Waals surface area contributed by atoms with Crippen molar-refractivity contribution in [3.63, 3.8) is 0 Å². The first kappa shape index (κ1) is 8.05. The molecule has 0 amide bonds. The molecule has 0 radical (unpaired) electrons. The molecule has 3 heteroatoms. The number of aliphatic hydroxyl groups is 1. The van der Waals surface area contributed by atoms with Crippen molar-refractivity contribution in [3.8, 4) is 0 Å². The fourth-order valence-corrected chi connectivity index (χ4v) is 1.83. The van der Waals surface area contributed by atoms with E-state index in [1.165, 1.54) is 0 Å². The van der Waals surface area contributed by atoms with Gasteiger partial charge in [0.2, 0.25) is 0 Å². The second kappa shape index (κ2) is 2.73. The number of halogens is 1. The summed E-state index contributed by atoms with van der Waals surface area (Å²) in [5.41, 5.74) is 7.84. The molecule has 0 fully saturated rings. The van der Waals surface area contributed by atoms with E-state index in [4.69, 9.17) is 17.3 Å². The smallest absolute Gasteiger partial charge is 0.0773 e. The van der Waals surface area contributed by atoms with Crippen molar-refractivity contribution in [2.75, 3.05) is 0 Å². The lowest BCUT2D eigenvalue weighted by atomic mass is 10.1. The standard InChI is InChI=1S/C9H10ClNO/c10-6-1-2-7-5(3-6)4-8(12)9(7)11/h1-3,8-9,12H,4,11H2/t8-,9+/m1/s1. The molecule has 1 aromatic rings. The van der Waals surface area contributed by atoms with E-state index in [0.717, 1.165) is 11.1 Å². The second-order valence-corrected chi connectivity index (χ2v) is 3.58. The molecule has 0 bridgehead atoms. The number of nitrogens with two attached hydrogens (primary N) is 1. The van der Waals surface area contributed by atoms with Crippen LogP contribution in [-0.2, 0) is 6.42 Å². The number of aliphatic hydroxyl groups excluding tert-OH is 1. The molecule has 0 heterocycles. The van der Waals surface area contributed by atoms with Crippen LogP contribution < -0.4 is 5.73 Å². The maximum absolute atomic E-state index is 9.44. The van der Waals surface area contributed by atoms with Crippen LogP contribution in [-0.4, -0.2) is 11.2 Å². The molecule has 0 saturated heterocycles. The molecule has 1 aliphatic carbocycles. The van der Waals surface area contributed by atoms with Crippen LogP contribution in [0.5, 0.6) is 0 Å². The maximum Gasteiger partial charge on any atom is 0.0773 e. The molecule has 2 rings (SSSR count). The quantitative estimate of drug-likeness (QED) is 0.636. The minimum Gasteiger partial charge on any atom is -0.391 e. The molecule has 3 N–H and O–H groups in total. The van der Waals surface area contributed by atoms with Crippen LogP contribution in [0.1, 0.15) is 17.2 Å². The van der Waals surface area contributed by atoms with Crippen molar-refractivity contribution >= 4 is 11.6 Å². The minimum atomic E-state index is -0.446. The van der Waals surface area contributed by atoms with E-state index in [0.29, 0.717) is 11.4 Å². The molecule has 2 atom stereocenters. The molecule has 2 nitrogen and oxygen atoms in total. The topological polar surface area (TPSA) is 46.2 Å². The predicted molar refractivity (Wildman–Crippen MR) is 48.1 cm³/mol. The summed E-state index contributed by atoms with van der Waals surface area (Å²) in [6.07, 6.45) is 0.176. The summed E-state index contributed by atoms with van der Waals surface area (Å²) in [6.45, 7) is 0. The molecule has 0 aliphatic heterocycles. The van der Waals surface area contributed by atoms with E-state index in [1.807, 2.05) is 12.1 Å². The summed E-state index contributed by atoms with van der Waals surface area (Å²) in [4.78, 5) is 0. The Morgan fingerprint density at radius 1 is 1.50 bits per heavy atom. The third-order valence-corrected chi connectivity index (χ3v) is 2.54. The summed E-state index contributed by atoms with van der Waals surface area (Å²) in [5.74, 6) is 0. The number of benzene rings is 1. The van der Waals surface area contributed by atoms with Crippen LogP contribution in [0.4, 0.5) is 0 Å². The first-order chi connectivity index (χ1) is 5.68. The van der Waals surface area contributed by atoms with Crippen molar-refractivity contribution in [2.24, 2.45) is 5.73 Å². The van der Waals surface area contributed by atoms with E-state index >= 15 is 0 Å². The molecule has 64 valence electrons. The fraction of sp³-hybridized carbons (Fsp3) is 0.333. The number of hydrogen-bond acceptors (Lipinski definition) is 2. The molecule has 12 heavy (non-hydrogen) atoms. The zero-order chi connectivity index (χ0) is 8.72. The van der Waals surface area contributed by atoms with Gasteiger partial charge in [0.1, 0.15) is 0 Å². The Hall–Kier alpha value is -0.570. The van der Waals surface area contributed by atoms with Gasteiger partial charge in [-0.2, -0.15) is 0 Å². The second-order valence-electron chi connectivity index (χ2n) is 3.14. The molecule has 0 unspecified atom stereocenters. The molecule has 0 saturated carbocycles. The van der Waals surface area contributed by atoms with Gasteiger partial charge in [0, 0.05) is 11.4 Å². The van der Waals surface area contributed by atoms with Crippen molar-refractivity contribution in [1.82, 2.24) is 0 Å². The van der Waals surface area contributed by atoms with Crippen LogP contribution in [0, 0.1) is 0 Å². The van der Waals surface area contributed by atoms with Gasteiger partial charge in [-0.05, 0) is 23.3 Å². The zero-order valence-corrected chi connectivity index (χ0v) is 7.25. The first-order valence-electron chi connectivity index (χ1n) is 3.90. The van der Waals surface area contributed by atoms with Gasteiger partial charge in [0.25, 0.3) is 0 Å². The Labute approximate surface area is 76.0 Å². The van der Waals surface area contributed by atoms with Crippen molar-refractivity contribution < 1.29 is 5.11 Å². The average Bonchev–Trinajstić information content (AvgIpc) is 2.28. The summed E-state index contributed by atoms with van der Waals surface area (Å²) in [5, 5.41) is 10.1. The highest BCUT2D eigenvalue weighted by Gasteiger charge is 2.27. The van der Waals surface area contributed by atoms with Gasteiger partial charge in [0.15, 0.2) is 0 Å². The monoisotopic (exact) mass is 183 g/mol. The highest BCUT2D eigenvalue weighted by molar-refractivity contribution is 6.30. The molecule has 1 aliphatic rings. The lowest BCUT2D eigenvalue weighted by molar-refractivity contribution is 0.158. The van der Waals surface area contributed by atoms with E-state index in [-0.39, 0.29) is 6.04 Å². The van der Waals surface area contributed by atoms with E-state index < -0.39 is 6.10 Å². The number of fused-ring (bicyclic) bond motifs is 1. The molecule has 0 spiro atoms. The van der Waals surface area contributed by atoms with Crippen molar-refractivity contribution in [1.29, 1.82) is 0 Å². The molecular formula is C9H10ClNO. The van der Waals surface area contributed by atoms with Crippen LogP contribution >= 0.6 is 11.6 Å². The lowest BCUT2D eigenvalue weighted by Gasteiger charge is -2.07. The largest absolute Gasteiger partial charge is 0.391 e. The van der Waals surface area contributed by atoms with E-state index in [9.17, 15) is 5.11 Å². The highest BCUT2D eigenvalue weighted by Crippen LogP contribution is 2.31. The van der Waals surface area contributed by atoms with Gasteiger partial charge in [-0.25, -0.2) is 0 Å². The average molecular weight is 184 g/mol. The first-order valence-corrected chi connectivity index (χ1v) is 4.28. The van der Waals surface area contributed by atoms with Crippen LogP contribution in [0.25, 0.3) is 0 Å². The Balaban J connectivity index is 2.47. The Kier molecular flexibility index (Phi) is 1.83. The van der Waals surface area contributed by atoms with Gasteiger partial charge < -0.3 is 10.8 Å². The summed E-state index contributed by atoms with van der Waals surface area (Å²) < 4.78 is 0. The van der Waals surface area contributed by atoms with Gasteiger partial charge in [-0.1, -0.05) is 17.7 Å². The SMILES string of the molecule is N[C@H]1c2ccc(Cl)cc2C[C@H]1O. The van der Waals surface area contributed by atoms with Crippen LogP contribution in [0.2, 0.25) is 5.02 Å². The Bertz CT molecular complexity index is 313. The van der Waals surface area contributed by atoms with Gasteiger partial charge in [0.05, 0.1) is 12.1 Å². The summed E-state index contributed by atoms with van der Waals surface area (Å²) in [7, 11) is 0. The van der Waals surface area contributed by atoms with Gasteiger partial charge in [-0.3, -0.25) is 0 Å². The van der Waals surface area contributed by atoms with Gasteiger partial charge >= 0.3 is 0 Å². The van der Waals surface area contributed by atoms with Crippen LogP contribution in [0.3, 0.4) is 0 Å². The molecular weight excluding hydrogens is 174 g/mol. The van der Waals surface area contributed by atoms with Gasteiger partial charge in [-0.15, -0.1) is 0 Å². The fourth-order valence-electron chi connectivity index (χ4n) is 1.64. The van der Waals surface area contributed by atoms with Crippen molar-refractivity contribution in [2.45, 2.75) is 18.6 Å². The number of hydrogen-bond donors (Lipinski definition) is 2. The lowest BCUT2D eigenvalue weighted by Crippen LogP contribution is -2.21. The Morgan fingerprint density at radius 3 is 3.00 bits per heavy atom. The third-order valence-electron chi connectivity index (χ3n) is 2.31. The van der Waals surface area contributed by atoms with E-state index in [2.05, 4.69) is 0 Å². The molecule has 0 aromatic heterocycles. The predicted octanol–water partition coefficient (Wildman–Crippen LogP) is 1.26. The number of rotatable bonds is 0. The third kappa shape index (κ3) is 1.12. The summed E-state index contributed by atoms with van der Waals surface area (Å²) >= 11 is 5.80. The highest BCUT2D eigenvalue weighted by atomic mass is 35.5. The van der Waals surface area contributed by atoms with Crippen molar-refractivity contribution in [3.05, 3.63) is 34.3 Å². The maximum atomic E-state index is 9.44. The van der Waals surface area contributed by atoms with Crippen LogP contribution in [0.15, 0.2) is 18.2 Å². The molecule has 1 aromatic carbocycles. The van der Waals surface area contributed by atoms with E-state index in [1.54, 1.807) is 6.07 Å². The Morgan fingerprint density at radius 2 is 2.25 bits per heavy atom. The zero-order valence-electron chi connectivity index (χ0n) is 6.50. The normalized spacial score (nSPS) is 27.2. The minimum absolute atomic E-state index is 0.239. The summed E-state index contributed by atoms with van der Waals surface area (Å²) in [6, 6.07) is 5.32.